The molecule has 0 heterocycles. The van der Waals surface area contributed by atoms with Gasteiger partial charge in [0.25, 0.3) is 8.53 Å². The molecule has 0 saturated heterocycles. The summed E-state index contributed by atoms with van der Waals surface area (Å²) >= 11 is 0. The Morgan fingerprint density at radius 3 is 2.24 bits per heavy atom. The molecule has 2 fully saturated rings. The number of aliphatic hydroxyl groups is 1. The van der Waals surface area contributed by atoms with Gasteiger partial charge in [0, 0.05) is 48.8 Å². The molecule has 2 saturated carbocycles. The second kappa shape index (κ2) is 28.2. The highest BCUT2D eigenvalue weighted by atomic mass is 33.1. The summed E-state index contributed by atoms with van der Waals surface area (Å²) in [5.41, 5.74) is -3.94. The number of aliphatic hydroxyl groups excluding tert-OH is 1. The number of nitrogens with zero attached hydrogens (tertiary/aromatic N) is 3. The highest BCUT2D eigenvalue weighted by Crippen LogP contribution is 2.62. The first-order valence-corrected chi connectivity index (χ1v) is 28.8. The lowest BCUT2D eigenvalue weighted by molar-refractivity contribution is -0.457. The van der Waals surface area contributed by atoms with E-state index in [-0.39, 0.29) is 41.4 Å². The molecule has 7 unspecified atom stereocenters. The molecule has 3 aliphatic rings. The molecule has 1 aromatic rings. The Kier molecular flexibility index (Phi) is 24.7. The highest BCUT2D eigenvalue weighted by molar-refractivity contribution is 8.77. The third-order valence-electron chi connectivity index (χ3n) is 14.7. The first kappa shape index (κ1) is 62.3. The van der Waals surface area contributed by atoms with Gasteiger partial charge >= 0.3 is 24.1 Å². The van der Waals surface area contributed by atoms with Gasteiger partial charge in [0.15, 0.2) is 0 Å². The minimum atomic E-state index is -6.75. The predicted octanol–water partition coefficient (Wildman–Crippen LogP) is 14.1. The Hall–Kier alpha value is -1.27. The topological polar surface area (TPSA) is 96.7 Å². The van der Waals surface area contributed by atoms with Gasteiger partial charge in [0.2, 0.25) is 0 Å². The van der Waals surface area contributed by atoms with Gasteiger partial charge in [-0.2, -0.15) is 44.8 Å². The van der Waals surface area contributed by atoms with Crippen molar-refractivity contribution in [1.29, 1.82) is 5.26 Å². The van der Waals surface area contributed by atoms with E-state index in [1.807, 2.05) is 27.7 Å². The lowest BCUT2D eigenvalue weighted by Gasteiger charge is -2.50. The first-order chi connectivity index (χ1) is 33.4. The lowest BCUT2D eigenvalue weighted by atomic mass is 9.55. The Labute approximate surface area is 426 Å². The van der Waals surface area contributed by atoms with E-state index in [4.69, 9.17) is 23.8 Å². The average Bonchev–Trinajstić information content (AvgIpc) is 3.62. The number of benzene rings is 1. The number of halogens is 9. The van der Waals surface area contributed by atoms with Crippen molar-refractivity contribution in [3.63, 3.8) is 0 Å². The van der Waals surface area contributed by atoms with Crippen molar-refractivity contribution in [2.45, 2.75) is 178 Å². The third kappa shape index (κ3) is 17.1. The molecule has 3 aliphatic carbocycles. The van der Waals surface area contributed by atoms with E-state index in [1.54, 1.807) is 0 Å². The number of alkyl halides is 9. The second-order valence-electron chi connectivity index (χ2n) is 20.6. The third-order valence-corrected chi connectivity index (χ3v) is 20.0. The van der Waals surface area contributed by atoms with Crippen molar-refractivity contribution >= 4 is 30.1 Å². The molecule has 7 atom stereocenters. The Morgan fingerprint density at radius 2 is 1.59 bits per heavy atom. The van der Waals surface area contributed by atoms with E-state index in [1.165, 1.54) is 11.1 Å². The summed E-state index contributed by atoms with van der Waals surface area (Å²) in [6, 6.07) is 8.76. The number of ether oxygens (including phenoxy) is 3. The van der Waals surface area contributed by atoms with Crippen LogP contribution < -0.4 is 4.74 Å². The smallest absolute Gasteiger partial charge is 0.435 e. The largest absolute Gasteiger partial charge is 0.492 e. The van der Waals surface area contributed by atoms with E-state index in [9.17, 15) is 44.6 Å². The molecular weight excluding hydrogens is 1000 g/mol. The quantitative estimate of drug-likeness (QED) is 0.0323. The van der Waals surface area contributed by atoms with Gasteiger partial charge in [0.1, 0.15) is 12.4 Å². The zero-order valence-corrected chi connectivity index (χ0v) is 45.2. The van der Waals surface area contributed by atoms with Crippen LogP contribution in [0.15, 0.2) is 18.2 Å². The van der Waals surface area contributed by atoms with E-state index >= 15 is 0 Å². The fraction of sp³-hybridized carbons (Fsp3) is 0.860. The normalized spacial score (nSPS) is 22.9. The molecule has 0 spiro atoms. The van der Waals surface area contributed by atoms with Gasteiger partial charge in [-0.05, 0) is 152 Å². The molecule has 410 valence electrons. The lowest BCUT2D eigenvalue weighted by Crippen LogP contribution is -2.67. The minimum Gasteiger partial charge on any atom is -0.492 e. The van der Waals surface area contributed by atoms with Crippen LogP contribution in [0.5, 0.6) is 5.75 Å². The maximum Gasteiger partial charge on any atom is 0.435 e. The number of aryl methyl sites for hydroxylation is 1. The van der Waals surface area contributed by atoms with Crippen molar-refractivity contribution in [2.75, 3.05) is 72.1 Å². The highest BCUT2D eigenvalue weighted by Gasteiger charge is 2.85. The predicted molar refractivity (Wildman–Crippen MR) is 264 cm³/mol. The Bertz CT molecular complexity index is 1740. The van der Waals surface area contributed by atoms with Gasteiger partial charge in [-0.25, -0.2) is 4.67 Å². The molecule has 0 aromatic heterocycles. The van der Waals surface area contributed by atoms with Gasteiger partial charge in [-0.3, -0.25) is 0 Å². The maximum atomic E-state index is 13.3. The monoisotopic (exact) mass is 1080 g/mol. The van der Waals surface area contributed by atoms with Crippen molar-refractivity contribution in [1.82, 2.24) is 9.57 Å². The van der Waals surface area contributed by atoms with Crippen molar-refractivity contribution < 1.29 is 67.9 Å². The van der Waals surface area contributed by atoms with Crippen molar-refractivity contribution in [3.05, 3.63) is 29.3 Å². The van der Waals surface area contributed by atoms with Crippen LogP contribution in [0.1, 0.15) is 142 Å². The Balaban J connectivity index is 1.10. The van der Waals surface area contributed by atoms with E-state index in [2.05, 4.69) is 81.1 Å². The van der Waals surface area contributed by atoms with Crippen LogP contribution in [0.2, 0.25) is 0 Å². The molecule has 71 heavy (non-hydrogen) atoms. The van der Waals surface area contributed by atoms with Gasteiger partial charge < -0.3 is 33.3 Å². The molecule has 1 aromatic carbocycles. The number of fused-ring (bicyclic) bond motifs is 5. The minimum absolute atomic E-state index is 0.0621. The van der Waals surface area contributed by atoms with Crippen LogP contribution in [0.4, 0.5) is 39.5 Å². The number of likely N-dealkylation sites (N-methyl/N-ethyl adjacent to an activating group) is 1. The number of nitriles is 1. The molecule has 0 aliphatic heterocycles. The summed E-state index contributed by atoms with van der Waals surface area (Å²) in [7, 11) is 4.73. The average molecular weight is 1080 g/mol. The maximum absolute atomic E-state index is 13.3. The van der Waals surface area contributed by atoms with Crippen LogP contribution in [-0.2, 0) is 24.9 Å². The molecule has 0 amide bonds. The second-order valence-corrected chi connectivity index (χ2v) is 25.2. The van der Waals surface area contributed by atoms with E-state index in [0.717, 1.165) is 102 Å². The standard InChI is InChI=1S/C50H79F9N3O6PS2/c1-8-62(36(2)3)69(67-30-13-25-60)68-35-37(34-63)15-11-9-10-12-32-70-71-45(4,5)24-26-61(7)27-31-64-39-17-19-40-38(33-39)16-18-42-41(40)22-23-46(6)43(42)20-21-44(46)65-28-14-29-66-47(48(51,52)53,49(54,55)56)50(57,58)59/h17,19,33,36-37,41-44,63H,8-16,18,20-24,26-32,34-35H2,1-7H3. The number of unbranched alkanes of at least 4 members (excludes halogenated alkanes) is 3. The fourth-order valence-corrected chi connectivity index (χ4v) is 14.9. The van der Waals surface area contributed by atoms with Crippen molar-refractivity contribution in [3.8, 4) is 11.8 Å². The SMILES string of the molecule is CCN(C(C)C)P(OCCC#N)OCC(CO)CCCCCCSSC(C)(C)CCN(C)CCOc1ccc2c(c1)CCC1C2CCC2(C)C(OCCCOC(C(F)(F)F)(C(F)(F)F)C(F)(F)F)CCC12. The van der Waals surface area contributed by atoms with Crippen LogP contribution in [-0.4, -0.2) is 128 Å². The van der Waals surface area contributed by atoms with Gasteiger partial charge in [0.05, 0.1) is 38.4 Å². The molecule has 4 rings (SSSR count). The van der Waals surface area contributed by atoms with Gasteiger partial charge in [-0.15, -0.1) is 0 Å². The Morgan fingerprint density at radius 1 is 0.887 bits per heavy atom. The van der Waals surface area contributed by atoms with Crippen molar-refractivity contribution in [2.24, 2.45) is 23.2 Å². The first-order valence-electron chi connectivity index (χ1n) is 25.4. The zero-order valence-electron chi connectivity index (χ0n) is 42.7. The van der Waals surface area contributed by atoms with Gasteiger partial charge in [-0.1, -0.05) is 60.8 Å². The zero-order chi connectivity index (χ0) is 52.7. The van der Waals surface area contributed by atoms with E-state index < -0.39 is 45.7 Å². The molecule has 1 N–H and O–H groups in total. The molecule has 21 heteroatoms. The van der Waals surface area contributed by atoms with Crippen LogP contribution >= 0.6 is 30.1 Å². The molecule has 0 radical (unpaired) electrons. The van der Waals surface area contributed by atoms with Crippen LogP contribution in [0.25, 0.3) is 0 Å². The summed E-state index contributed by atoms with van der Waals surface area (Å²) < 4.78 is 150. The summed E-state index contributed by atoms with van der Waals surface area (Å²) in [6.45, 7) is 15.2. The van der Waals surface area contributed by atoms with E-state index in [0.29, 0.717) is 50.4 Å². The summed E-state index contributed by atoms with van der Waals surface area (Å²) in [5.74, 6) is 3.02. The number of hydrogen-bond acceptors (Lipinski definition) is 11. The molecule has 0 bridgehead atoms. The van der Waals surface area contributed by atoms with Crippen LogP contribution in [0.3, 0.4) is 0 Å². The molecule has 9 nitrogen and oxygen atoms in total. The number of rotatable bonds is 32. The summed E-state index contributed by atoms with van der Waals surface area (Å²) in [6.07, 6.45) is -9.33. The number of hydrogen-bond donors (Lipinski definition) is 1. The molecular formula is C50H79F9N3O6PS2. The summed E-state index contributed by atoms with van der Waals surface area (Å²) in [4.78, 5) is 2.30. The summed E-state index contributed by atoms with van der Waals surface area (Å²) in [5, 5.41) is 18.9. The van der Waals surface area contributed by atoms with Crippen LogP contribution in [0, 0.1) is 34.5 Å². The fourth-order valence-electron chi connectivity index (χ4n) is 10.6.